The van der Waals surface area contributed by atoms with E-state index in [0.717, 1.165) is 11.3 Å². The summed E-state index contributed by atoms with van der Waals surface area (Å²) in [6.45, 7) is 1.30. The number of hydrogen-bond donors (Lipinski definition) is 1. The molecule has 2 aromatic heterocycles. The smallest absolute Gasteiger partial charge is 0.357 e. The largest absolute Gasteiger partial charge is 0.464 e. The van der Waals surface area contributed by atoms with Crippen molar-refractivity contribution < 1.29 is 9.53 Å². The van der Waals surface area contributed by atoms with Crippen LogP contribution < -0.4 is 5.32 Å². The maximum atomic E-state index is 11.8. The van der Waals surface area contributed by atoms with E-state index in [1.165, 1.54) is 12.0 Å². The van der Waals surface area contributed by atoms with E-state index in [2.05, 4.69) is 15.3 Å². The van der Waals surface area contributed by atoms with Crippen LogP contribution in [0.2, 0.25) is 0 Å². The number of thiophene rings is 1. The van der Waals surface area contributed by atoms with Gasteiger partial charge in [-0.3, -0.25) is 0 Å². The SMILES string of the molecule is COC(=O)c1nc(Cc2cccs2)nc2c1CNC2. The third kappa shape index (κ3) is 2.36. The molecule has 0 amide bonds. The molecule has 0 saturated heterocycles. The minimum absolute atomic E-state index is 0.393. The molecule has 6 heteroatoms. The quantitative estimate of drug-likeness (QED) is 0.860. The molecule has 0 fully saturated rings. The fourth-order valence-corrected chi connectivity index (χ4v) is 2.83. The molecule has 0 aromatic carbocycles. The van der Waals surface area contributed by atoms with Crippen molar-refractivity contribution in [2.24, 2.45) is 0 Å². The van der Waals surface area contributed by atoms with Crippen molar-refractivity contribution >= 4 is 17.3 Å². The van der Waals surface area contributed by atoms with Gasteiger partial charge in [0.1, 0.15) is 5.82 Å². The number of rotatable bonds is 3. The van der Waals surface area contributed by atoms with E-state index < -0.39 is 5.97 Å². The molecular formula is C13H13N3O2S. The third-order valence-electron chi connectivity index (χ3n) is 3.02. The highest BCUT2D eigenvalue weighted by Crippen LogP contribution is 2.20. The predicted octanol–water partition coefficient (Wildman–Crippen LogP) is 1.52. The van der Waals surface area contributed by atoms with Gasteiger partial charge in [-0.1, -0.05) is 6.07 Å². The number of ether oxygens (including phenoxy) is 1. The zero-order valence-electron chi connectivity index (χ0n) is 10.5. The molecule has 0 radical (unpaired) electrons. The molecule has 1 aliphatic heterocycles. The maximum absolute atomic E-state index is 11.8. The van der Waals surface area contributed by atoms with Crippen LogP contribution in [0.1, 0.15) is 32.4 Å². The molecule has 0 bridgehead atoms. The Morgan fingerprint density at radius 1 is 1.47 bits per heavy atom. The summed E-state index contributed by atoms with van der Waals surface area (Å²) in [6.07, 6.45) is 0.648. The summed E-state index contributed by atoms with van der Waals surface area (Å²) in [4.78, 5) is 21.9. The number of carbonyl (C=O) groups is 1. The lowest BCUT2D eigenvalue weighted by molar-refractivity contribution is 0.0592. The molecule has 2 aromatic rings. The van der Waals surface area contributed by atoms with Crippen LogP contribution >= 0.6 is 11.3 Å². The summed E-state index contributed by atoms with van der Waals surface area (Å²) >= 11 is 1.66. The van der Waals surface area contributed by atoms with Crippen molar-refractivity contribution in [2.45, 2.75) is 19.5 Å². The minimum Gasteiger partial charge on any atom is -0.464 e. The van der Waals surface area contributed by atoms with E-state index in [9.17, 15) is 4.79 Å². The van der Waals surface area contributed by atoms with Crippen molar-refractivity contribution in [2.75, 3.05) is 7.11 Å². The van der Waals surface area contributed by atoms with Crippen molar-refractivity contribution in [3.05, 3.63) is 45.2 Å². The van der Waals surface area contributed by atoms with Crippen LogP contribution in [0.4, 0.5) is 0 Å². The first-order valence-corrected chi connectivity index (χ1v) is 6.86. The number of carbonyl (C=O) groups excluding carboxylic acids is 1. The average molecular weight is 275 g/mol. The number of nitrogens with zero attached hydrogens (tertiary/aromatic N) is 2. The maximum Gasteiger partial charge on any atom is 0.357 e. The lowest BCUT2D eigenvalue weighted by atomic mass is 10.1. The van der Waals surface area contributed by atoms with Crippen LogP contribution in [-0.4, -0.2) is 23.0 Å². The predicted molar refractivity (Wildman–Crippen MR) is 71.0 cm³/mol. The van der Waals surface area contributed by atoms with Crippen LogP contribution in [-0.2, 0) is 24.2 Å². The second kappa shape index (κ2) is 5.07. The van der Waals surface area contributed by atoms with E-state index in [4.69, 9.17) is 4.74 Å². The van der Waals surface area contributed by atoms with Gasteiger partial charge in [-0.15, -0.1) is 11.3 Å². The summed E-state index contributed by atoms with van der Waals surface area (Å²) < 4.78 is 4.80. The summed E-state index contributed by atoms with van der Waals surface area (Å²) in [6, 6.07) is 4.04. The Kier molecular flexibility index (Phi) is 3.27. The minimum atomic E-state index is -0.394. The Labute approximate surface area is 114 Å². The number of methoxy groups -OCH3 is 1. The summed E-state index contributed by atoms with van der Waals surface area (Å²) in [5, 5.41) is 5.20. The Balaban J connectivity index is 2.00. The van der Waals surface area contributed by atoms with Crippen LogP contribution in [0.15, 0.2) is 17.5 Å². The van der Waals surface area contributed by atoms with Crippen LogP contribution in [0.5, 0.6) is 0 Å². The fraction of sp³-hybridized carbons (Fsp3) is 0.308. The van der Waals surface area contributed by atoms with Crippen molar-refractivity contribution in [1.82, 2.24) is 15.3 Å². The van der Waals surface area contributed by atoms with Gasteiger partial charge in [0, 0.05) is 30.0 Å². The number of fused-ring (bicyclic) bond motifs is 1. The molecule has 0 saturated carbocycles. The average Bonchev–Trinajstić information content (AvgIpc) is 3.07. The van der Waals surface area contributed by atoms with Crippen LogP contribution in [0, 0.1) is 0 Å². The molecule has 3 rings (SSSR count). The number of nitrogens with one attached hydrogen (secondary N) is 1. The lowest BCUT2D eigenvalue weighted by Gasteiger charge is -2.07. The highest BCUT2D eigenvalue weighted by molar-refractivity contribution is 7.09. The third-order valence-corrected chi connectivity index (χ3v) is 3.90. The van der Waals surface area contributed by atoms with Gasteiger partial charge in [-0.2, -0.15) is 0 Å². The Bertz CT molecular complexity index is 611. The molecule has 19 heavy (non-hydrogen) atoms. The van der Waals surface area contributed by atoms with Crippen molar-refractivity contribution in [1.29, 1.82) is 0 Å². The molecule has 5 nitrogen and oxygen atoms in total. The molecule has 0 aliphatic carbocycles. The second-order valence-corrected chi connectivity index (χ2v) is 5.30. The van der Waals surface area contributed by atoms with Gasteiger partial charge in [0.2, 0.25) is 0 Å². The highest BCUT2D eigenvalue weighted by Gasteiger charge is 2.23. The summed E-state index contributed by atoms with van der Waals surface area (Å²) in [7, 11) is 1.37. The highest BCUT2D eigenvalue weighted by atomic mass is 32.1. The fourth-order valence-electron chi connectivity index (χ4n) is 2.13. The van der Waals surface area contributed by atoms with Gasteiger partial charge >= 0.3 is 5.97 Å². The lowest BCUT2D eigenvalue weighted by Crippen LogP contribution is -2.13. The van der Waals surface area contributed by atoms with E-state index in [-0.39, 0.29) is 0 Å². The molecule has 98 valence electrons. The van der Waals surface area contributed by atoms with Gasteiger partial charge in [0.25, 0.3) is 0 Å². The van der Waals surface area contributed by atoms with Gasteiger partial charge in [-0.05, 0) is 11.4 Å². The van der Waals surface area contributed by atoms with Crippen molar-refractivity contribution in [3.63, 3.8) is 0 Å². The summed E-state index contributed by atoms with van der Waals surface area (Å²) in [5.74, 6) is 0.278. The standard InChI is InChI=1S/C13H13N3O2S/c1-18-13(17)12-9-6-14-7-10(9)15-11(16-12)5-8-3-2-4-19-8/h2-4,14H,5-7H2,1H3. The topological polar surface area (TPSA) is 64.1 Å². The van der Waals surface area contributed by atoms with Crippen molar-refractivity contribution in [3.8, 4) is 0 Å². The first-order valence-electron chi connectivity index (χ1n) is 5.98. The van der Waals surface area contributed by atoms with Crippen LogP contribution in [0.25, 0.3) is 0 Å². The number of aromatic nitrogens is 2. The Morgan fingerprint density at radius 2 is 2.37 bits per heavy atom. The van der Waals surface area contributed by atoms with E-state index in [0.29, 0.717) is 31.0 Å². The van der Waals surface area contributed by atoms with Gasteiger partial charge < -0.3 is 10.1 Å². The normalized spacial score (nSPS) is 13.3. The second-order valence-electron chi connectivity index (χ2n) is 4.26. The molecule has 0 atom stereocenters. The first kappa shape index (κ1) is 12.3. The molecular weight excluding hydrogens is 262 g/mol. The monoisotopic (exact) mass is 275 g/mol. The van der Waals surface area contributed by atoms with E-state index in [1.54, 1.807) is 11.3 Å². The Morgan fingerprint density at radius 3 is 3.11 bits per heavy atom. The first-order chi connectivity index (χ1) is 9.28. The van der Waals surface area contributed by atoms with E-state index >= 15 is 0 Å². The van der Waals surface area contributed by atoms with Gasteiger partial charge in [0.05, 0.1) is 12.8 Å². The number of hydrogen-bond acceptors (Lipinski definition) is 6. The van der Waals surface area contributed by atoms with Gasteiger partial charge in [0.15, 0.2) is 5.69 Å². The van der Waals surface area contributed by atoms with Gasteiger partial charge in [-0.25, -0.2) is 14.8 Å². The van der Waals surface area contributed by atoms with E-state index in [1.807, 2.05) is 17.5 Å². The molecule has 1 aliphatic rings. The molecule has 0 unspecified atom stereocenters. The molecule has 3 heterocycles. The van der Waals surface area contributed by atoms with Crippen LogP contribution in [0.3, 0.4) is 0 Å². The summed E-state index contributed by atoms with van der Waals surface area (Å²) in [5.41, 5.74) is 2.16. The zero-order valence-corrected chi connectivity index (χ0v) is 11.3. The number of esters is 1. The molecule has 0 spiro atoms. The Hall–Kier alpha value is -1.79. The molecule has 1 N–H and O–H groups in total. The zero-order chi connectivity index (χ0) is 13.2.